The minimum Gasteiger partial charge on any atom is -0.466 e. The maximum Gasteiger partial charge on any atom is 0.310 e. The molecule has 0 aliphatic carbocycles. The van der Waals surface area contributed by atoms with Crippen LogP contribution in [0.15, 0.2) is 16.6 Å². The van der Waals surface area contributed by atoms with Gasteiger partial charge in [0.25, 0.3) is 0 Å². The summed E-state index contributed by atoms with van der Waals surface area (Å²) in [5.41, 5.74) is 1.24. The van der Waals surface area contributed by atoms with Crippen molar-refractivity contribution < 1.29 is 14.3 Å². The van der Waals surface area contributed by atoms with Crippen LogP contribution < -0.4 is 0 Å². The lowest BCUT2D eigenvalue weighted by Crippen LogP contribution is -2.10. The van der Waals surface area contributed by atoms with Gasteiger partial charge in [0.2, 0.25) is 0 Å². The van der Waals surface area contributed by atoms with Gasteiger partial charge in [-0.1, -0.05) is 0 Å². The molecular weight excluding hydrogens is 286 g/mol. The van der Waals surface area contributed by atoms with E-state index in [0.29, 0.717) is 27.4 Å². The van der Waals surface area contributed by atoms with Crippen LogP contribution in [0.4, 0.5) is 0 Å². The Bertz CT molecular complexity index is 491. The van der Waals surface area contributed by atoms with Crippen molar-refractivity contribution in [1.82, 2.24) is 0 Å². The van der Waals surface area contributed by atoms with Crippen molar-refractivity contribution in [2.24, 2.45) is 0 Å². The van der Waals surface area contributed by atoms with Crippen molar-refractivity contribution in [3.63, 3.8) is 0 Å². The molecule has 0 N–H and O–H groups in total. The fourth-order valence-corrected chi connectivity index (χ4v) is 1.94. The van der Waals surface area contributed by atoms with Crippen LogP contribution in [-0.4, -0.2) is 18.9 Å². The number of hydrogen-bond donors (Lipinski definition) is 0. The quantitative estimate of drug-likeness (QED) is 0.631. The molecule has 0 aromatic heterocycles. The molecule has 0 aliphatic rings. The number of hydrogen-bond acceptors (Lipinski definition) is 4. The molecule has 0 unspecified atom stereocenters. The van der Waals surface area contributed by atoms with Crippen LogP contribution in [0.3, 0.4) is 0 Å². The maximum atomic E-state index is 11.4. The molecule has 0 bridgehead atoms. The molecule has 17 heavy (non-hydrogen) atoms. The van der Waals surface area contributed by atoms with Crippen molar-refractivity contribution >= 4 is 28.2 Å². The molecule has 0 spiro atoms. The molecule has 1 rings (SSSR count). The third kappa shape index (κ3) is 3.14. The number of nitriles is 1. The van der Waals surface area contributed by atoms with Crippen molar-refractivity contribution in [3.8, 4) is 6.07 Å². The van der Waals surface area contributed by atoms with E-state index in [1.165, 1.54) is 12.1 Å². The molecule has 0 fully saturated rings. The lowest BCUT2D eigenvalue weighted by Gasteiger charge is -2.08. The minimum atomic E-state index is -0.423. The number of ether oxygens (including phenoxy) is 1. The molecule has 4 nitrogen and oxygen atoms in total. The van der Waals surface area contributed by atoms with Gasteiger partial charge in [0.1, 0.15) is 0 Å². The fraction of sp³-hybridized carbons (Fsp3) is 0.250. The number of halogens is 1. The van der Waals surface area contributed by atoms with Crippen LogP contribution in [0.25, 0.3) is 0 Å². The summed E-state index contributed by atoms with van der Waals surface area (Å²) in [7, 11) is 0. The van der Waals surface area contributed by atoms with Crippen molar-refractivity contribution in [3.05, 3.63) is 33.3 Å². The average molecular weight is 296 g/mol. The highest BCUT2D eigenvalue weighted by molar-refractivity contribution is 9.10. The molecule has 0 saturated heterocycles. The molecule has 5 heteroatoms. The Morgan fingerprint density at radius 1 is 1.59 bits per heavy atom. The first-order valence-electron chi connectivity index (χ1n) is 4.96. The summed E-state index contributed by atoms with van der Waals surface area (Å²) in [6.45, 7) is 1.99. The molecule has 0 atom stereocenters. The van der Waals surface area contributed by atoms with Crippen LogP contribution >= 0.6 is 15.9 Å². The smallest absolute Gasteiger partial charge is 0.310 e. The Kier molecular flexibility index (Phi) is 4.85. The SMILES string of the molecule is CCOC(=O)Cc1c(C#N)ccc(C=O)c1Br. The monoisotopic (exact) mass is 295 g/mol. The number of esters is 1. The molecule has 1 aromatic rings. The first-order chi connectivity index (χ1) is 8.13. The van der Waals surface area contributed by atoms with Crippen LogP contribution in [0.5, 0.6) is 0 Å². The zero-order valence-electron chi connectivity index (χ0n) is 9.20. The van der Waals surface area contributed by atoms with Gasteiger partial charge in [-0.15, -0.1) is 0 Å². The second-order valence-electron chi connectivity index (χ2n) is 3.21. The third-order valence-corrected chi connectivity index (χ3v) is 3.08. The van der Waals surface area contributed by atoms with E-state index in [1.807, 2.05) is 6.07 Å². The van der Waals surface area contributed by atoms with Crippen molar-refractivity contribution in [1.29, 1.82) is 5.26 Å². The number of aldehydes is 1. The molecule has 0 amide bonds. The van der Waals surface area contributed by atoms with Gasteiger partial charge in [-0.05, 0) is 40.5 Å². The number of carbonyl (C=O) groups is 2. The van der Waals surface area contributed by atoms with Gasteiger partial charge in [-0.3, -0.25) is 9.59 Å². The number of carbonyl (C=O) groups excluding carboxylic acids is 2. The van der Waals surface area contributed by atoms with E-state index in [-0.39, 0.29) is 13.0 Å². The lowest BCUT2D eigenvalue weighted by atomic mass is 10.0. The highest BCUT2D eigenvalue weighted by atomic mass is 79.9. The van der Waals surface area contributed by atoms with E-state index < -0.39 is 5.97 Å². The summed E-state index contributed by atoms with van der Waals surface area (Å²) in [4.78, 5) is 22.2. The average Bonchev–Trinajstić information content (AvgIpc) is 2.32. The van der Waals surface area contributed by atoms with Gasteiger partial charge in [-0.2, -0.15) is 5.26 Å². The van der Waals surface area contributed by atoms with E-state index >= 15 is 0 Å². The largest absolute Gasteiger partial charge is 0.466 e. The van der Waals surface area contributed by atoms with E-state index in [1.54, 1.807) is 6.92 Å². The second kappa shape index (κ2) is 6.16. The highest BCUT2D eigenvalue weighted by Gasteiger charge is 2.15. The Morgan fingerprint density at radius 2 is 2.29 bits per heavy atom. The Morgan fingerprint density at radius 3 is 2.82 bits per heavy atom. The normalized spacial score (nSPS) is 9.47. The minimum absolute atomic E-state index is 0.0288. The predicted molar refractivity (Wildman–Crippen MR) is 64.6 cm³/mol. The summed E-state index contributed by atoms with van der Waals surface area (Å²) in [6, 6.07) is 5.03. The van der Waals surface area contributed by atoms with Crippen LogP contribution in [0.1, 0.15) is 28.4 Å². The first kappa shape index (κ1) is 13.4. The summed E-state index contributed by atoms with van der Waals surface area (Å²) in [5.74, 6) is -0.423. The van der Waals surface area contributed by atoms with Gasteiger partial charge < -0.3 is 4.74 Å². The Hall–Kier alpha value is -1.67. The zero-order chi connectivity index (χ0) is 12.8. The van der Waals surface area contributed by atoms with Gasteiger partial charge in [0, 0.05) is 10.0 Å². The van der Waals surface area contributed by atoms with E-state index in [2.05, 4.69) is 15.9 Å². The van der Waals surface area contributed by atoms with Gasteiger partial charge in [-0.25, -0.2) is 0 Å². The molecule has 88 valence electrons. The van der Waals surface area contributed by atoms with E-state index in [9.17, 15) is 9.59 Å². The topological polar surface area (TPSA) is 67.2 Å². The predicted octanol–water partition coefficient (Wildman–Crippen LogP) is 2.24. The standard InChI is InChI=1S/C12H10BrNO3/c1-2-17-11(16)5-10-8(6-14)3-4-9(7-15)12(10)13/h3-4,7H,2,5H2,1H3. The summed E-state index contributed by atoms with van der Waals surface area (Å²) in [5, 5.41) is 8.94. The maximum absolute atomic E-state index is 11.4. The summed E-state index contributed by atoms with van der Waals surface area (Å²) >= 11 is 3.22. The van der Waals surface area contributed by atoms with Gasteiger partial charge in [0.05, 0.1) is 24.7 Å². The molecule has 0 saturated carbocycles. The first-order valence-corrected chi connectivity index (χ1v) is 5.75. The molecule has 0 radical (unpaired) electrons. The summed E-state index contributed by atoms with van der Waals surface area (Å²) < 4.78 is 5.29. The highest BCUT2D eigenvalue weighted by Crippen LogP contribution is 2.25. The molecule has 0 heterocycles. The zero-order valence-corrected chi connectivity index (χ0v) is 10.8. The van der Waals surface area contributed by atoms with Crippen molar-refractivity contribution in [2.45, 2.75) is 13.3 Å². The van der Waals surface area contributed by atoms with Crippen LogP contribution in [0.2, 0.25) is 0 Å². The number of rotatable bonds is 4. The third-order valence-electron chi connectivity index (χ3n) is 2.15. The summed E-state index contributed by atoms with van der Waals surface area (Å²) in [6.07, 6.45) is 0.638. The molecular formula is C12H10BrNO3. The van der Waals surface area contributed by atoms with Gasteiger partial charge >= 0.3 is 5.97 Å². The van der Waals surface area contributed by atoms with E-state index in [0.717, 1.165) is 0 Å². The van der Waals surface area contributed by atoms with E-state index in [4.69, 9.17) is 10.00 Å². The van der Waals surface area contributed by atoms with Gasteiger partial charge in [0.15, 0.2) is 6.29 Å². The van der Waals surface area contributed by atoms with Crippen molar-refractivity contribution in [2.75, 3.05) is 6.61 Å². The molecule has 1 aromatic carbocycles. The Labute approximate surface area is 107 Å². The Balaban J connectivity index is 3.15. The fourth-order valence-electron chi connectivity index (χ4n) is 1.36. The second-order valence-corrected chi connectivity index (χ2v) is 4.00. The number of benzene rings is 1. The van der Waals surface area contributed by atoms with Crippen LogP contribution in [-0.2, 0) is 16.0 Å². The van der Waals surface area contributed by atoms with Crippen LogP contribution in [0, 0.1) is 11.3 Å². The lowest BCUT2D eigenvalue weighted by molar-refractivity contribution is -0.142. The molecule has 0 aliphatic heterocycles. The number of nitrogens with zero attached hydrogens (tertiary/aromatic N) is 1.